The van der Waals surface area contributed by atoms with Crippen LogP contribution >= 0.6 is 0 Å². The van der Waals surface area contributed by atoms with Gasteiger partial charge in [0.1, 0.15) is 0 Å². The summed E-state index contributed by atoms with van der Waals surface area (Å²) >= 11 is 0. The number of ether oxygens (including phenoxy) is 1. The Labute approximate surface area is 92.0 Å². The fourth-order valence-electron chi connectivity index (χ4n) is 1.20. The second-order valence-electron chi connectivity index (χ2n) is 3.10. The Morgan fingerprint density at radius 3 is 2.75 bits per heavy atom. The van der Waals surface area contributed by atoms with E-state index in [0.717, 1.165) is 0 Å². The van der Waals surface area contributed by atoms with E-state index in [4.69, 9.17) is 10.5 Å². The average Bonchev–Trinajstić information content (AvgIpc) is 2.19. The second-order valence-corrected chi connectivity index (χ2v) is 3.10. The van der Waals surface area contributed by atoms with Crippen molar-refractivity contribution in [2.24, 2.45) is 5.73 Å². The first-order valence-electron chi connectivity index (χ1n) is 4.48. The predicted molar refractivity (Wildman–Crippen MR) is 56.1 cm³/mol. The van der Waals surface area contributed by atoms with Gasteiger partial charge >= 0.3 is 6.03 Å². The van der Waals surface area contributed by atoms with Crippen LogP contribution in [0.5, 0.6) is 11.5 Å². The van der Waals surface area contributed by atoms with Crippen LogP contribution in [0.4, 0.5) is 4.79 Å². The third-order valence-corrected chi connectivity index (χ3v) is 1.87. The molecule has 1 aromatic rings. The van der Waals surface area contributed by atoms with Gasteiger partial charge in [-0.15, -0.1) is 0 Å². The molecule has 0 bridgehead atoms. The molecule has 86 valence electrons. The highest BCUT2D eigenvalue weighted by atomic mass is 16.5. The van der Waals surface area contributed by atoms with E-state index >= 15 is 0 Å². The molecule has 6 nitrogen and oxygen atoms in total. The zero-order valence-electron chi connectivity index (χ0n) is 8.69. The van der Waals surface area contributed by atoms with Crippen LogP contribution < -0.4 is 15.8 Å². The molecule has 1 aromatic carbocycles. The zero-order valence-corrected chi connectivity index (χ0v) is 8.69. The number of nitrogens with one attached hydrogen (secondary N) is 1. The van der Waals surface area contributed by atoms with Gasteiger partial charge in [-0.2, -0.15) is 0 Å². The maximum absolute atomic E-state index is 11.2. The predicted octanol–water partition coefficient (Wildman–Crippen LogP) is 0.138. The van der Waals surface area contributed by atoms with Crippen LogP contribution in [0.15, 0.2) is 18.2 Å². The van der Waals surface area contributed by atoms with Crippen LogP contribution in [0.2, 0.25) is 0 Å². The first-order chi connectivity index (χ1) is 7.52. The minimum atomic E-state index is -0.893. The van der Waals surface area contributed by atoms with E-state index in [1.807, 2.05) is 5.32 Å². The van der Waals surface area contributed by atoms with Crippen molar-refractivity contribution in [1.82, 2.24) is 5.32 Å². The molecule has 0 unspecified atom stereocenters. The van der Waals surface area contributed by atoms with Gasteiger partial charge in [-0.05, 0) is 17.7 Å². The standard InChI is InChI=1S/C10H12N2O4/c1-16-8-4-6(2-3-7(8)13)5-9(14)12-10(11)15/h2-4,13H,5H2,1H3,(H3,11,12,14,15). The number of phenols is 1. The summed E-state index contributed by atoms with van der Waals surface area (Å²) in [6, 6.07) is 3.58. The average molecular weight is 224 g/mol. The van der Waals surface area contributed by atoms with Gasteiger partial charge in [-0.25, -0.2) is 4.79 Å². The number of primary amides is 1. The lowest BCUT2D eigenvalue weighted by molar-refractivity contribution is -0.119. The highest BCUT2D eigenvalue weighted by molar-refractivity contribution is 5.94. The number of hydrogen-bond donors (Lipinski definition) is 3. The van der Waals surface area contributed by atoms with Crippen molar-refractivity contribution >= 4 is 11.9 Å². The van der Waals surface area contributed by atoms with E-state index in [1.165, 1.54) is 19.2 Å². The highest BCUT2D eigenvalue weighted by Gasteiger charge is 2.08. The van der Waals surface area contributed by atoms with Gasteiger partial charge < -0.3 is 15.6 Å². The van der Waals surface area contributed by atoms with E-state index in [0.29, 0.717) is 5.56 Å². The van der Waals surface area contributed by atoms with Crippen molar-refractivity contribution in [3.8, 4) is 11.5 Å². The summed E-state index contributed by atoms with van der Waals surface area (Å²) < 4.78 is 4.87. The molecule has 0 fully saturated rings. The van der Waals surface area contributed by atoms with Crippen LogP contribution in [0.1, 0.15) is 5.56 Å². The van der Waals surface area contributed by atoms with Gasteiger partial charge in [0.15, 0.2) is 11.5 Å². The number of nitrogens with two attached hydrogens (primary N) is 1. The normalized spacial score (nSPS) is 9.56. The summed E-state index contributed by atoms with van der Waals surface area (Å²) in [4.78, 5) is 21.6. The SMILES string of the molecule is COc1cc(CC(=O)NC(N)=O)ccc1O. The molecule has 0 aliphatic carbocycles. The highest BCUT2D eigenvalue weighted by Crippen LogP contribution is 2.26. The van der Waals surface area contributed by atoms with Crippen molar-refractivity contribution < 1.29 is 19.4 Å². The largest absolute Gasteiger partial charge is 0.504 e. The van der Waals surface area contributed by atoms with Gasteiger partial charge in [-0.1, -0.05) is 6.07 Å². The summed E-state index contributed by atoms with van der Waals surface area (Å²) in [6.07, 6.45) is -0.0143. The Balaban J connectivity index is 2.74. The van der Waals surface area contributed by atoms with Crippen molar-refractivity contribution in [2.75, 3.05) is 7.11 Å². The van der Waals surface area contributed by atoms with Crippen LogP contribution in [0.25, 0.3) is 0 Å². The number of methoxy groups -OCH3 is 1. The number of carbonyl (C=O) groups excluding carboxylic acids is 2. The minimum absolute atomic E-state index is 0.0124. The number of benzene rings is 1. The molecule has 0 saturated carbocycles. The van der Waals surface area contributed by atoms with E-state index in [1.54, 1.807) is 6.07 Å². The third-order valence-electron chi connectivity index (χ3n) is 1.87. The summed E-state index contributed by atoms with van der Waals surface area (Å²) in [6.45, 7) is 0. The molecule has 6 heteroatoms. The molecule has 0 radical (unpaired) electrons. The first-order valence-corrected chi connectivity index (χ1v) is 4.48. The lowest BCUT2D eigenvalue weighted by Crippen LogP contribution is -2.35. The number of amides is 3. The minimum Gasteiger partial charge on any atom is -0.504 e. The Hall–Kier alpha value is -2.24. The van der Waals surface area contributed by atoms with E-state index in [-0.39, 0.29) is 17.9 Å². The van der Waals surface area contributed by atoms with Crippen LogP contribution in [0.3, 0.4) is 0 Å². The van der Waals surface area contributed by atoms with Gasteiger partial charge in [-0.3, -0.25) is 10.1 Å². The Kier molecular flexibility index (Phi) is 3.71. The Morgan fingerprint density at radius 2 is 2.19 bits per heavy atom. The molecule has 0 aliphatic heterocycles. The summed E-state index contributed by atoms with van der Waals surface area (Å²) in [5.41, 5.74) is 5.40. The fraction of sp³-hybridized carbons (Fsp3) is 0.200. The maximum Gasteiger partial charge on any atom is 0.318 e. The van der Waals surface area contributed by atoms with Gasteiger partial charge in [0, 0.05) is 0 Å². The van der Waals surface area contributed by atoms with Crippen molar-refractivity contribution in [2.45, 2.75) is 6.42 Å². The smallest absolute Gasteiger partial charge is 0.318 e. The van der Waals surface area contributed by atoms with Crippen LogP contribution in [0, 0.1) is 0 Å². The number of imide groups is 1. The van der Waals surface area contributed by atoms with E-state index < -0.39 is 11.9 Å². The monoisotopic (exact) mass is 224 g/mol. The Bertz CT molecular complexity index is 417. The number of phenolic OH excluding ortho intramolecular Hbond substituents is 1. The molecule has 0 aliphatic rings. The summed E-state index contributed by atoms with van der Waals surface area (Å²) in [5.74, 6) is -0.258. The first kappa shape index (κ1) is 11.8. The lowest BCUT2D eigenvalue weighted by Gasteiger charge is -2.06. The number of aromatic hydroxyl groups is 1. The maximum atomic E-state index is 11.2. The molecular formula is C10H12N2O4. The zero-order chi connectivity index (χ0) is 12.1. The van der Waals surface area contributed by atoms with Crippen LogP contribution in [-0.2, 0) is 11.2 Å². The van der Waals surface area contributed by atoms with Crippen molar-refractivity contribution in [1.29, 1.82) is 0 Å². The molecule has 0 saturated heterocycles. The van der Waals surface area contributed by atoms with E-state index in [2.05, 4.69) is 0 Å². The fourth-order valence-corrected chi connectivity index (χ4v) is 1.20. The van der Waals surface area contributed by atoms with Crippen molar-refractivity contribution in [3.63, 3.8) is 0 Å². The number of rotatable bonds is 3. The molecule has 3 amide bonds. The number of carbonyl (C=O) groups is 2. The molecule has 4 N–H and O–H groups in total. The quantitative estimate of drug-likeness (QED) is 0.679. The topological polar surface area (TPSA) is 102 Å². The number of urea groups is 1. The molecule has 0 spiro atoms. The molecule has 0 atom stereocenters. The van der Waals surface area contributed by atoms with Gasteiger partial charge in [0.2, 0.25) is 5.91 Å². The summed E-state index contributed by atoms with van der Waals surface area (Å²) in [7, 11) is 1.41. The molecule has 16 heavy (non-hydrogen) atoms. The van der Waals surface area contributed by atoms with Crippen molar-refractivity contribution in [3.05, 3.63) is 23.8 Å². The Morgan fingerprint density at radius 1 is 1.50 bits per heavy atom. The molecule has 0 heterocycles. The van der Waals surface area contributed by atoms with Gasteiger partial charge in [0.25, 0.3) is 0 Å². The second kappa shape index (κ2) is 5.01. The molecule has 1 rings (SSSR count). The summed E-state index contributed by atoms with van der Waals surface area (Å²) in [5, 5.41) is 11.3. The lowest BCUT2D eigenvalue weighted by atomic mass is 10.1. The number of hydrogen-bond acceptors (Lipinski definition) is 4. The third kappa shape index (κ3) is 3.16. The molecular weight excluding hydrogens is 212 g/mol. The molecule has 0 aromatic heterocycles. The van der Waals surface area contributed by atoms with E-state index in [9.17, 15) is 14.7 Å². The van der Waals surface area contributed by atoms with Gasteiger partial charge in [0.05, 0.1) is 13.5 Å². The van der Waals surface area contributed by atoms with Crippen LogP contribution in [-0.4, -0.2) is 24.2 Å².